The molecule has 2 aromatic carbocycles. The molecule has 1 unspecified atom stereocenters. The van der Waals surface area contributed by atoms with Gasteiger partial charge in [0.05, 0.1) is 0 Å². The Hall–Kier alpha value is -4.01. The number of carbonyl (C=O) groups is 1. The van der Waals surface area contributed by atoms with Gasteiger partial charge in [0.2, 0.25) is 10.0 Å². The van der Waals surface area contributed by atoms with Crippen LogP contribution in [0.1, 0.15) is 51.5 Å². The number of nitrogens with zero attached hydrogens (tertiary/aromatic N) is 4. The van der Waals surface area contributed by atoms with Gasteiger partial charge < -0.3 is 9.80 Å². The second kappa shape index (κ2) is 10.6. The largest absolute Gasteiger partial charge is 0.345 e. The normalized spacial score (nSPS) is 18.9. The van der Waals surface area contributed by atoms with E-state index < -0.39 is 14.8 Å². The highest BCUT2D eigenvalue weighted by Gasteiger charge is 2.41. The van der Waals surface area contributed by atoms with Crippen LogP contribution in [-0.4, -0.2) is 65.5 Å². The molecule has 6 rings (SSSR count). The molecule has 0 fully saturated rings. The van der Waals surface area contributed by atoms with E-state index in [2.05, 4.69) is 36.0 Å². The Balaban J connectivity index is 1.44. The predicted molar refractivity (Wildman–Crippen MR) is 174 cm³/mol. The lowest BCUT2D eigenvalue weighted by molar-refractivity contribution is 0.0827. The first kappa shape index (κ1) is 29.1. The van der Waals surface area contributed by atoms with Gasteiger partial charge in [-0.25, -0.2) is 17.4 Å². The van der Waals surface area contributed by atoms with Crippen LogP contribution in [0.2, 0.25) is 0 Å². The van der Waals surface area contributed by atoms with Crippen LogP contribution in [0.25, 0.3) is 27.7 Å². The Kier molecular flexibility index (Phi) is 7.18. The fraction of sp³-hybridized carbons (Fsp3) is 0.314. The van der Waals surface area contributed by atoms with E-state index in [0.717, 1.165) is 52.7 Å². The Morgan fingerprint density at radius 1 is 1.05 bits per heavy atom. The zero-order chi connectivity index (χ0) is 30.7. The molecule has 0 radical (unpaired) electrons. The summed E-state index contributed by atoms with van der Waals surface area (Å²) in [4.78, 5) is 21.0. The van der Waals surface area contributed by atoms with Crippen molar-refractivity contribution in [1.82, 2.24) is 18.8 Å². The zero-order valence-electron chi connectivity index (χ0n) is 25.7. The second-order valence-corrected chi connectivity index (χ2v) is 14.7. The van der Waals surface area contributed by atoms with Crippen molar-refractivity contribution in [3.05, 3.63) is 106 Å². The van der Waals surface area contributed by atoms with Gasteiger partial charge in [0.1, 0.15) is 4.75 Å². The van der Waals surface area contributed by atoms with Gasteiger partial charge in [-0.05, 0) is 104 Å². The number of hydrogen-bond acceptors (Lipinski definition) is 5. The molecule has 1 amide bonds. The highest BCUT2D eigenvalue weighted by Crippen LogP contribution is 2.39. The van der Waals surface area contributed by atoms with E-state index in [4.69, 9.17) is 0 Å². The maximum Gasteiger partial charge on any atom is 0.253 e. The molecule has 7 nitrogen and oxygen atoms in total. The fourth-order valence-electron chi connectivity index (χ4n) is 6.42. The summed E-state index contributed by atoms with van der Waals surface area (Å²) in [6.45, 7) is 7.79. The smallest absolute Gasteiger partial charge is 0.253 e. The maximum atomic E-state index is 14.6. The second-order valence-electron chi connectivity index (χ2n) is 12.4. The molecule has 1 atom stereocenters. The number of carbonyl (C=O) groups excluding carboxylic acids is 1. The van der Waals surface area contributed by atoms with Crippen LogP contribution in [-0.2, 0) is 23.0 Å². The van der Waals surface area contributed by atoms with Gasteiger partial charge in [-0.3, -0.25) is 4.79 Å². The van der Waals surface area contributed by atoms with Crippen molar-refractivity contribution in [2.75, 3.05) is 27.7 Å². The Labute approximate surface area is 254 Å². The number of allylic oxidation sites excluding steroid dienone is 3. The van der Waals surface area contributed by atoms with Gasteiger partial charge in [-0.2, -0.15) is 0 Å². The summed E-state index contributed by atoms with van der Waals surface area (Å²) in [5.41, 5.74) is 9.35. The highest BCUT2D eigenvalue weighted by molar-refractivity contribution is 7.91. The summed E-state index contributed by atoms with van der Waals surface area (Å²) >= 11 is 0. The van der Waals surface area contributed by atoms with Crippen molar-refractivity contribution in [3.63, 3.8) is 0 Å². The molecule has 0 spiro atoms. The van der Waals surface area contributed by atoms with E-state index in [9.17, 15) is 13.2 Å². The molecule has 8 heteroatoms. The van der Waals surface area contributed by atoms with Crippen molar-refractivity contribution in [1.29, 1.82) is 0 Å². The van der Waals surface area contributed by atoms with E-state index in [0.29, 0.717) is 17.6 Å². The molecule has 0 saturated carbocycles. The summed E-state index contributed by atoms with van der Waals surface area (Å²) < 4.78 is 29.3. The van der Waals surface area contributed by atoms with Gasteiger partial charge in [-0.1, -0.05) is 36.4 Å². The number of fused-ring (bicyclic) bond motifs is 2. The van der Waals surface area contributed by atoms with Gasteiger partial charge in [0.15, 0.2) is 5.65 Å². The highest BCUT2D eigenvalue weighted by atomic mass is 32.2. The average molecular weight is 595 g/mol. The monoisotopic (exact) mass is 594 g/mol. The molecule has 4 aromatic rings. The van der Waals surface area contributed by atoms with Crippen LogP contribution in [0.3, 0.4) is 0 Å². The lowest BCUT2D eigenvalue weighted by atomic mass is 9.87. The number of pyridine rings is 1. The number of likely N-dealkylation sites (N-methyl/N-ethyl adjacent to an activating group) is 1. The Morgan fingerprint density at radius 3 is 2.56 bits per heavy atom. The third-order valence-corrected chi connectivity index (χ3v) is 11.2. The van der Waals surface area contributed by atoms with Crippen molar-refractivity contribution >= 4 is 32.5 Å². The van der Waals surface area contributed by atoms with Crippen LogP contribution in [0.5, 0.6) is 0 Å². The molecule has 0 N–H and O–H groups in total. The summed E-state index contributed by atoms with van der Waals surface area (Å²) in [6.07, 6.45) is 10.6. The Bertz CT molecular complexity index is 1950. The molecule has 222 valence electrons. The molecule has 1 aliphatic heterocycles. The van der Waals surface area contributed by atoms with Gasteiger partial charge in [-0.15, -0.1) is 0 Å². The number of aromatic nitrogens is 2. The van der Waals surface area contributed by atoms with Crippen LogP contribution in [0.4, 0.5) is 0 Å². The standard InChI is InChI=1S/C35H38N4O3S/c1-23-18-27(19-28-21-38(6)16-13-29(23)28)26-9-7-14-35(3,20-26)43(41,42)39-22-32(31-10-8-15-36-33(31)39)25-11-12-30(24(2)17-25)34(40)37(4)5/h7-12,15,17-20,22H,13-14,16,21H2,1-6H3. The number of benzene rings is 2. The lowest BCUT2D eigenvalue weighted by Crippen LogP contribution is -2.38. The summed E-state index contributed by atoms with van der Waals surface area (Å²) in [5.74, 6) is -0.0715. The minimum absolute atomic E-state index is 0.0715. The van der Waals surface area contributed by atoms with Crippen molar-refractivity contribution in [2.24, 2.45) is 0 Å². The first-order valence-corrected chi connectivity index (χ1v) is 16.1. The van der Waals surface area contributed by atoms with Crippen LogP contribution in [0, 0.1) is 13.8 Å². The van der Waals surface area contributed by atoms with E-state index >= 15 is 0 Å². The lowest BCUT2D eigenvalue weighted by Gasteiger charge is -2.30. The minimum Gasteiger partial charge on any atom is -0.345 e. The molecule has 0 saturated heterocycles. The minimum atomic E-state index is -3.94. The SMILES string of the molecule is Cc1cc(-c2cn(S(=O)(=O)C3(C)C=C(c4cc(C)c5c(c4)CN(C)CC5)C=CC3)c3ncccc23)ccc1C(=O)N(C)C. The molecule has 3 heterocycles. The maximum absolute atomic E-state index is 14.6. The molecule has 2 aliphatic rings. The number of aryl methyl sites for hydroxylation is 2. The summed E-state index contributed by atoms with van der Waals surface area (Å²) in [7, 11) is 1.65. The average Bonchev–Trinajstić information content (AvgIpc) is 3.37. The molecule has 0 bridgehead atoms. The van der Waals surface area contributed by atoms with E-state index in [-0.39, 0.29) is 5.91 Å². The topological polar surface area (TPSA) is 75.5 Å². The van der Waals surface area contributed by atoms with Crippen molar-refractivity contribution in [2.45, 2.75) is 44.9 Å². The fourth-order valence-corrected chi connectivity index (χ4v) is 8.07. The van der Waals surface area contributed by atoms with Crippen LogP contribution in [0.15, 0.2) is 73.1 Å². The van der Waals surface area contributed by atoms with Crippen molar-refractivity contribution in [3.8, 4) is 11.1 Å². The van der Waals surface area contributed by atoms with E-state index in [1.165, 1.54) is 20.7 Å². The summed E-state index contributed by atoms with van der Waals surface area (Å²) in [6, 6.07) is 13.8. The molecule has 1 aliphatic carbocycles. The first-order chi connectivity index (χ1) is 20.4. The van der Waals surface area contributed by atoms with Crippen LogP contribution < -0.4 is 0 Å². The Morgan fingerprint density at radius 2 is 1.81 bits per heavy atom. The van der Waals surface area contributed by atoms with Gasteiger partial charge >= 0.3 is 0 Å². The third-order valence-electron chi connectivity index (χ3n) is 8.92. The van der Waals surface area contributed by atoms with E-state index in [1.54, 1.807) is 38.3 Å². The van der Waals surface area contributed by atoms with Gasteiger partial charge in [0.25, 0.3) is 5.91 Å². The number of hydrogen-bond donors (Lipinski definition) is 0. The van der Waals surface area contributed by atoms with Gasteiger partial charge in [0, 0.05) is 56.1 Å². The van der Waals surface area contributed by atoms with Crippen molar-refractivity contribution < 1.29 is 13.2 Å². The molecular formula is C35H38N4O3S. The quantitative estimate of drug-likeness (QED) is 0.284. The first-order valence-electron chi connectivity index (χ1n) is 14.6. The van der Waals surface area contributed by atoms with Crippen LogP contribution >= 0.6 is 0 Å². The third kappa shape index (κ3) is 4.92. The van der Waals surface area contributed by atoms with E-state index in [1.807, 2.05) is 55.5 Å². The zero-order valence-corrected chi connectivity index (χ0v) is 26.5. The number of amides is 1. The molecular weight excluding hydrogens is 556 g/mol. The number of rotatable bonds is 5. The summed E-state index contributed by atoms with van der Waals surface area (Å²) in [5, 5.41) is 0.741. The predicted octanol–water partition coefficient (Wildman–Crippen LogP) is 5.99. The molecule has 2 aromatic heterocycles. The molecule has 43 heavy (non-hydrogen) atoms.